The summed E-state index contributed by atoms with van der Waals surface area (Å²) >= 11 is 0. The predicted molar refractivity (Wildman–Crippen MR) is 163 cm³/mol. The van der Waals surface area contributed by atoms with Gasteiger partial charge in [-0.25, -0.2) is 0 Å². The van der Waals surface area contributed by atoms with Gasteiger partial charge in [0.2, 0.25) is 0 Å². The minimum atomic E-state index is 0.212. The molecule has 0 radical (unpaired) electrons. The molecule has 0 fully saturated rings. The van der Waals surface area contributed by atoms with Gasteiger partial charge in [-0.3, -0.25) is 0 Å². The van der Waals surface area contributed by atoms with Crippen molar-refractivity contribution in [3.05, 3.63) is 152 Å². The predicted octanol–water partition coefficient (Wildman–Crippen LogP) is 10.4. The van der Waals surface area contributed by atoms with Gasteiger partial charge in [-0.2, -0.15) is 0 Å². The Hall–Kier alpha value is -4.43. The van der Waals surface area contributed by atoms with Crippen molar-refractivity contribution in [1.29, 1.82) is 0 Å². The summed E-state index contributed by atoms with van der Waals surface area (Å²) < 4.78 is 0. The van der Waals surface area contributed by atoms with Crippen molar-refractivity contribution < 1.29 is 0 Å². The molecule has 0 saturated carbocycles. The lowest BCUT2D eigenvalue weighted by atomic mass is 9.89. The molecule has 0 saturated heterocycles. The molecule has 0 aliphatic heterocycles. The number of nitrogens with zero attached hydrogens (tertiary/aromatic N) is 2. The van der Waals surface area contributed by atoms with Gasteiger partial charge in [0.15, 0.2) is 0 Å². The molecule has 0 aliphatic rings. The highest BCUT2D eigenvalue weighted by Crippen LogP contribution is 2.38. The lowest BCUT2D eigenvalue weighted by Gasteiger charge is -2.28. The third-order valence-electron chi connectivity index (χ3n) is 6.55. The number of rotatable bonds is 8. The average molecular weight is 496 g/mol. The lowest BCUT2D eigenvalue weighted by molar-refractivity contribution is 0.483. The summed E-state index contributed by atoms with van der Waals surface area (Å²) in [5.74, 6) is 0. The van der Waals surface area contributed by atoms with Crippen LogP contribution in [0.2, 0.25) is 0 Å². The largest absolute Gasteiger partial charge is 0.311 e. The van der Waals surface area contributed by atoms with Crippen LogP contribution in [-0.4, -0.2) is 0 Å². The van der Waals surface area contributed by atoms with Gasteiger partial charge in [-0.15, -0.1) is 0 Å². The molecular formula is C36H35N2+. The Morgan fingerprint density at radius 2 is 0.711 bits per heavy atom. The van der Waals surface area contributed by atoms with Crippen LogP contribution in [0.25, 0.3) is 0 Å². The quantitative estimate of drug-likeness (QED) is 0.198. The fourth-order valence-electron chi connectivity index (χ4n) is 4.58. The summed E-state index contributed by atoms with van der Waals surface area (Å²) in [5, 5.41) is 0. The highest BCUT2D eigenvalue weighted by atomic mass is 15.2. The van der Waals surface area contributed by atoms with E-state index in [1.807, 2.05) is 0 Å². The maximum Gasteiger partial charge on any atom is 0.113 e. The second kappa shape index (κ2) is 11.3. The number of anilines is 6. The molecule has 5 rings (SSSR count). The Kier molecular flexibility index (Phi) is 7.51. The van der Waals surface area contributed by atoms with Crippen LogP contribution in [0.4, 0.5) is 34.1 Å². The molecule has 2 heteroatoms. The normalized spacial score (nSPS) is 11.1. The summed E-state index contributed by atoms with van der Waals surface area (Å²) in [7, 11) is 0. The second-order valence-electron chi connectivity index (χ2n) is 10.6. The molecule has 0 bridgehead atoms. The molecule has 0 N–H and O–H groups in total. The molecule has 5 aromatic carbocycles. The van der Waals surface area contributed by atoms with Gasteiger partial charge in [-0.05, 0) is 99.1 Å². The van der Waals surface area contributed by atoms with Crippen LogP contribution in [0.1, 0.15) is 26.3 Å². The molecule has 5 aromatic rings. The van der Waals surface area contributed by atoms with Crippen LogP contribution in [0, 0.1) is 11.8 Å². The molecule has 38 heavy (non-hydrogen) atoms. The van der Waals surface area contributed by atoms with Crippen molar-refractivity contribution in [2.75, 3.05) is 9.80 Å². The number of hydrogen-bond acceptors (Lipinski definition) is 2. The van der Waals surface area contributed by atoms with E-state index in [1.165, 1.54) is 5.56 Å². The van der Waals surface area contributed by atoms with Crippen LogP contribution in [0.3, 0.4) is 0 Å². The first kappa shape index (κ1) is 25.2. The Bertz CT molecular complexity index is 1360. The number of para-hydroxylation sites is 3. The Labute approximate surface area is 227 Å². The van der Waals surface area contributed by atoms with E-state index in [1.54, 1.807) is 0 Å². The Balaban J connectivity index is 1.49. The standard InChI is InChI=1S/C36H35N2/c1-36(2,3)28-27-29-19-21-33(22-20-29)38(32-17-11-6-12-18-32)35-25-23-34(24-26-35)37(30-13-7-4-8-14-30)31-15-9-5-10-16-31/h4-26,28H,27H2,1-3H3/q+1. The zero-order valence-electron chi connectivity index (χ0n) is 22.5. The van der Waals surface area contributed by atoms with Gasteiger partial charge in [0.1, 0.15) is 6.42 Å². The van der Waals surface area contributed by atoms with Crippen molar-refractivity contribution >= 4 is 34.1 Å². The minimum absolute atomic E-state index is 0.212. The number of benzene rings is 5. The maximum atomic E-state index is 2.38. The van der Waals surface area contributed by atoms with Crippen molar-refractivity contribution in [1.82, 2.24) is 0 Å². The second-order valence-corrected chi connectivity index (χ2v) is 10.6. The first-order chi connectivity index (χ1) is 18.5. The van der Waals surface area contributed by atoms with E-state index in [4.69, 9.17) is 0 Å². The fourth-order valence-corrected chi connectivity index (χ4v) is 4.58. The van der Waals surface area contributed by atoms with Crippen molar-refractivity contribution in [3.63, 3.8) is 0 Å². The van der Waals surface area contributed by atoms with Gasteiger partial charge >= 0.3 is 0 Å². The summed E-state index contributed by atoms with van der Waals surface area (Å²) in [6.07, 6.45) is 3.35. The molecular weight excluding hydrogens is 460 g/mol. The lowest BCUT2D eigenvalue weighted by Crippen LogP contribution is -2.12. The molecule has 0 aliphatic carbocycles. The van der Waals surface area contributed by atoms with Crippen LogP contribution < -0.4 is 9.80 Å². The zero-order chi connectivity index (χ0) is 26.4. The van der Waals surface area contributed by atoms with Crippen molar-refractivity contribution in [3.8, 4) is 0 Å². The van der Waals surface area contributed by atoms with E-state index < -0.39 is 0 Å². The SMILES string of the molecule is CC(C)(C)[CH+]Cc1ccc(N(c2ccccc2)c2ccc(N(c3ccccc3)c3ccccc3)cc2)cc1. The Morgan fingerprint density at radius 3 is 1.03 bits per heavy atom. The van der Waals surface area contributed by atoms with Crippen LogP contribution >= 0.6 is 0 Å². The molecule has 0 heterocycles. The van der Waals surface area contributed by atoms with E-state index in [0.29, 0.717) is 0 Å². The van der Waals surface area contributed by atoms with E-state index in [0.717, 1.165) is 40.5 Å². The maximum absolute atomic E-state index is 2.38. The van der Waals surface area contributed by atoms with E-state index in [-0.39, 0.29) is 5.41 Å². The summed E-state index contributed by atoms with van der Waals surface area (Å²) in [6.45, 7) is 6.75. The highest BCUT2D eigenvalue weighted by molar-refractivity contribution is 5.81. The van der Waals surface area contributed by atoms with Gasteiger partial charge < -0.3 is 9.80 Å². The molecule has 0 atom stereocenters. The van der Waals surface area contributed by atoms with Crippen molar-refractivity contribution in [2.45, 2.75) is 27.2 Å². The average Bonchev–Trinajstić information content (AvgIpc) is 2.95. The monoisotopic (exact) mass is 495 g/mol. The molecule has 2 nitrogen and oxygen atoms in total. The van der Waals surface area contributed by atoms with Crippen molar-refractivity contribution in [2.24, 2.45) is 5.41 Å². The topological polar surface area (TPSA) is 6.48 Å². The smallest absolute Gasteiger partial charge is 0.113 e. The molecule has 0 unspecified atom stereocenters. The third-order valence-corrected chi connectivity index (χ3v) is 6.55. The summed E-state index contributed by atoms with van der Waals surface area (Å²) in [6, 6.07) is 49.4. The van der Waals surface area contributed by atoms with Gasteiger partial charge in [0, 0.05) is 34.1 Å². The molecule has 0 spiro atoms. The van der Waals surface area contributed by atoms with Crippen LogP contribution in [-0.2, 0) is 6.42 Å². The number of hydrogen-bond donors (Lipinski definition) is 0. The Morgan fingerprint density at radius 1 is 0.421 bits per heavy atom. The minimum Gasteiger partial charge on any atom is -0.311 e. The first-order valence-electron chi connectivity index (χ1n) is 13.3. The van der Waals surface area contributed by atoms with Crippen LogP contribution in [0.15, 0.2) is 140 Å². The van der Waals surface area contributed by atoms with Gasteiger partial charge in [-0.1, -0.05) is 66.7 Å². The third kappa shape index (κ3) is 6.10. The highest BCUT2D eigenvalue weighted by Gasteiger charge is 2.20. The summed E-state index contributed by atoms with van der Waals surface area (Å²) in [5.41, 5.74) is 8.33. The van der Waals surface area contributed by atoms with E-state index in [2.05, 4.69) is 177 Å². The molecule has 0 aromatic heterocycles. The first-order valence-corrected chi connectivity index (χ1v) is 13.3. The van der Waals surface area contributed by atoms with E-state index >= 15 is 0 Å². The fraction of sp³-hybridized carbons (Fsp3) is 0.139. The zero-order valence-corrected chi connectivity index (χ0v) is 22.5. The van der Waals surface area contributed by atoms with Gasteiger partial charge in [0.25, 0.3) is 0 Å². The molecule has 0 amide bonds. The molecule has 188 valence electrons. The van der Waals surface area contributed by atoms with Crippen LogP contribution in [0.5, 0.6) is 0 Å². The van der Waals surface area contributed by atoms with Gasteiger partial charge in [0.05, 0.1) is 11.8 Å². The summed E-state index contributed by atoms with van der Waals surface area (Å²) in [4.78, 5) is 4.60. The van der Waals surface area contributed by atoms with E-state index in [9.17, 15) is 0 Å².